The number of methoxy groups -OCH3 is 2. The number of benzene rings is 2. The monoisotopic (exact) mass is 765 g/mol. The maximum absolute atomic E-state index is 13.2. The predicted molar refractivity (Wildman–Crippen MR) is 199 cm³/mol. The first-order valence-electron chi connectivity index (χ1n) is 17.4. The Kier molecular flexibility index (Phi) is 14.1. The quantitative estimate of drug-likeness (QED) is 0.0449. The number of amides is 2. The Hall–Kier alpha value is -5.82. The van der Waals surface area contributed by atoms with Crippen LogP contribution < -0.4 is 18.9 Å². The summed E-state index contributed by atoms with van der Waals surface area (Å²) in [5.41, 5.74) is -0.718. The van der Waals surface area contributed by atoms with E-state index in [-0.39, 0.29) is 60.1 Å². The van der Waals surface area contributed by atoms with Gasteiger partial charge in [0.1, 0.15) is 23.7 Å². The summed E-state index contributed by atoms with van der Waals surface area (Å²) in [5.74, 6) is -2.11. The van der Waals surface area contributed by atoms with Crippen LogP contribution in [0.15, 0.2) is 48.6 Å². The number of nitro groups is 2. The Morgan fingerprint density at radius 1 is 0.855 bits per heavy atom. The van der Waals surface area contributed by atoms with Gasteiger partial charge in [-0.25, -0.2) is 0 Å². The second kappa shape index (κ2) is 18.5. The first kappa shape index (κ1) is 41.9. The van der Waals surface area contributed by atoms with E-state index < -0.39 is 51.9 Å². The molecular formula is C36H44BN5O13. The lowest BCUT2D eigenvalue weighted by Gasteiger charge is -2.21. The van der Waals surface area contributed by atoms with E-state index in [1.807, 2.05) is 0 Å². The van der Waals surface area contributed by atoms with E-state index in [1.54, 1.807) is 0 Å². The molecule has 0 aromatic heterocycles. The third-order valence-corrected chi connectivity index (χ3v) is 9.24. The van der Waals surface area contributed by atoms with Crippen molar-refractivity contribution in [1.29, 1.82) is 0 Å². The van der Waals surface area contributed by atoms with Crippen LogP contribution in [0.3, 0.4) is 0 Å². The minimum atomic E-state index is -0.818. The molecule has 294 valence electrons. The van der Waals surface area contributed by atoms with E-state index >= 15 is 0 Å². The van der Waals surface area contributed by atoms with Crippen LogP contribution in [0.5, 0.6) is 23.0 Å². The summed E-state index contributed by atoms with van der Waals surface area (Å²) in [6.07, 6.45) is 3.98. The number of hydrogen-bond donors (Lipinski definition) is 0. The summed E-state index contributed by atoms with van der Waals surface area (Å²) in [7, 11) is 5.04. The average Bonchev–Trinajstić information content (AvgIpc) is 3.73. The van der Waals surface area contributed by atoms with Crippen molar-refractivity contribution in [3.05, 3.63) is 79.9 Å². The molecular weight excluding hydrogens is 721 g/mol. The number of rotatable bonds is 16. The first-order valence-corrected chi connectivity index (χ1v) is 17.4. The summed E-state index contributed by atoms with van der Waals surface area (Å²) in [4.78, 5) is 76.2. The first-order chi connectivity index (χ1) is 26.2. The maximum Gasteiger partial charge on any atom is 0.410 e. The molecule has 3 atom stereocenters. The van der Waals surface area contributed by atoms with Crippen LogP contribution in [0.1, 0.15) is 60.2 Å². The highest BCUT2D eigenvalue weighted by molar-refractivity contribution is 6.58. The Balaban J connectivity index is 0.000000583. The van der Waals surface area contributed by atoms with Crippen molar-refractivity contribution in [2.75, 3.05) is 47.7 Å². The van der Waals surface area contributed by atoms with Crippen LogP contribution in [0.2, 0.25) is 0 Å². The van der Waals surface area contributed by atoms with E-state index in [2.05, 4.69) is 38.9 Å². The van der Waals surface area contributed by atoms with Crippen LogP contribution >= 0.6 is 0 Å². The molecule has 19 heteroatoms. The zero-order chi connectivity index (χ0) is 40.6. The molecule has 2 aromatic rings. The molecule has 55 heavy (non-hydrogen) atoms. The lowest BCUT2D eigenvalue weighted by molar-refractivity contribution is -0.385. The predicted octanol–water partition coefficient (Wildman–Crippen LogP) is 4.04. The van der Waals surface area contributed by atoms with Gasteiger partial charge in [0.15, 0.2) is 23.0 Å². The van der Waals surface area contributed by atoms with Crippen LogP contribution in [0.25, 0.3) is 0 Å². The van der Waals surface area contributed by atoms with Gasteiger partial charge < -0.3 is 47.8 Å². The normalized spacial score (nSPS) is 18.7. The van der Waals surface area contributed by atoms with Gasteiger partial charge in [0.05, 0.1) is 54.3 Å². The molecule has 0 aliphatic carbocycles. The van der Waals surface area contributed by atoms with E-state index in [9.17, 15) is 39.4 Å². The maximum atomic E-state index is 13.2. The van der Waals surface area contributed by atoms with Gasteiger partial charge in [-0.3, -0.25) is 29.8 Å². The second-order valence-corrected chi connectivity index (χ2v) is 13.1. The Labute approximate surface area is 318 Å². The lowest BCUT2D eigenvalue weighted by atomic mass is 9.84. The number of carbonyl (C=O) groups is 4. The van der Waals surface area contributed by atoms with Crippen molar-refractivity contribution in [1.82, 2.24) is 14.6 Å². The molecule has 0 N–H and O–H groups in total. The molecule has 5 rings (SSSR count). The molecule has 3 aliphatic rings. The Morgan fingerprint density at radius 2 is 1.29 bits per heavy atom. The van der Waals surface area contributed by atoms with Gasteiger partial charge in [-0.15, -0.1) is 0 Å². The lowest BCUT2D eigenvalue weighted by Crippen LogP contribution is -2.36. The Bertz CT molecular complexity index is 1740. The fourth-order valence-corrected chi connectivity index (χ4v) is 6.40. The zero-order valence-corrected chi connectivity index (χ0v) is 31.4. The Morgan fingerprint density at radius 3 is 1.62 bits per heavy atom. The van der Waals surface area contributed by atoms with E-state index in [0.717, 1.165) is 37.2 Å². The molecule has 18 nitrogen and oxygen atoms in total. The van der Waals surface area contributed by atoms with Crippen LogP contribution in [-0.4, -0.2) is 122 Å². The van der Waals surface area contributed by atoms with Gasteiger partial charge in [0.2, 0.25) is 6.79 Å². The number of ether oxygens (including phenoxy) is 4. The van der Waals surface area contributed by atoms with Gasteiger partial charge in [0, 0.05) is 25.2 Å². The molecule has 0 spiro atoms. The molecule has 0 bridgehead atoms. The molecule has 0 saturated carbocycles. The molecule has 3 fully saturated rings. The third kappa shape index (κ3) is 9.65. The van der Waals surface area contributed by atoms with Crippen molar-refractivity contribution < 1.29 is 52.6 Å². The van der Waals surface area contributed by atoms with Crippen molar-refractivity contribution in [2.45, 2.75) is 57.6 Å². The molecule has 3 saturated heterocycles. The number of nitro benzene ring substituents is 2. The average molecular weight is 766 g/mol. The van der Waals surface area contributed by atoms with Gasteiger partial charge in [-0.2, -0.15) is 0 Å². The van der Waals surface area contributed by atoms with Crippen LogP contribution in [0.4, 0.5) is 11.4 Å². The number of carbonyl (C=O) groups excluding carboxylic acids is 4. The molecule has 0 radical (unpaired) electrons. The summed E-state index contributed by atoms with van der Waals surface area (Å²) < 4.78 is 27.0. The van der Waals surface area contributed by atoms with E-state index in [4.69, 9.17) is 23.6 Å². The van der Waals surface area contributed by atoms with Gasteiger partial charge in [0.25, 0.3) is 23.2 Å². The van der Waals surface area contributed by atoms with Crippen molar-refractivity contribution in [3.63, 3.8) is 0 Å². The largest absolute Gasteiger partial charge is 0.493 e. The minimum absolute atomic E-state index is 0.0527. The van der Waals surface area contributed by atoms with Crippen LogP contribution in [-0.2, 0) is 14.2 Å². The number of nitrogens with zero attached hydrogens (tertiary/aromatic N) is 5. The third-order valence-electron chi connectivity index (χ3n) is 9.24. The fourth-order valence-electron chi connectivity index (χ4n) is 6.40. The van der Waals surface area contributed by atoms with Crippen molar-refractivity contribution in [3.8, 4) is 23.0 Å². The molecule has 2 amide bonds. The van der Waals surface area contributed by atoms with Gasteiger partial charge in [-0.1, -0.05) is 38.2 Å². The molecule has 2 unspecified atom stereocenters. The molecule has 3 aliphatic heterocycles. The van der Waals surface area contributed by atoms with Gasteiger partial charge >= 0.3 is 7.05 Å². The highest BCUT2D eigenvalue weighted by atomic mass is 16.7. The SMILES string of the molecule is C=C1CC(C=O)N(C(=O)c2cc(OC)c(OCOc3cc([N+](=O)[O-])c(C(=O)N4CC(=C)C[C@H]4C=O)cc3OC)cc2[N+](=O)[O-])C1.CCCN(C)B1OC1CC. The highest BCUT2D eigenvalue weighted by Crippen LogP contribution is 2.39. The highest BCUT2D eigenvalue weighted by Gasteiger charge is 2.46. The zero-order valence-electron chi connectivity index (χ0n) is 31.4. The summed E-state index contributed by atoms with van der Waals surface area (Å²) in [6, 6.07) is 2.99. The topological polar surface area (TPSA) is 214 Å². The molecule has 2 aromatic carbocycles. The number of aldehydes is 2. The van der Waals surface area contributed by atoms with E-state index in [1.165, 1.54) is 30.4 Å². The standard InChI is InChI=1S/C29H28N4O12.C7H16BNO/c1-16-5-18(13-34)30(11-16)28(36)20-7-24(42-3)26(9-22(20)32(38)39)44-15-45-27-10-23(33(40)41)21(8-25(27)43-4)29(37)31-12-17(2)6-19(31)14-35;1-4-6-9(3)8-7(5-2)10-8/h7-10,13-14,18-19H,1-2,5-6,11-12,15H2,3-4H3;7H,4-6H2,1-3H3/t18-,19?;/m0./s1. The van der Waals surface area contributed by atoms with Crippen LogP contribution in [0, 0.1) is 20.2 Å². The second-order valence-electron chi connectivity index (χ2n) is 13.1. The fraction of sp³-hybridized carbons (Fsp3) is 0.444. The number of likely N-dealkylation sites (tertiary alicyclic amines) is 2. The number of hydrogen-bond acceptors (Lipinski definition) is 14. The van der Waals surface area contributed by atoms with Crippen molar-refractivity contribution in [2.24, 2.45) is 0 Å². The summed E-state index contributed by atoms with van der Waals surface area (Å²) in [5, 5.41) is 23.8. The van der Waals surface area contributed by atoms with Gasteiger partial charge in [-0.05, 0) is 39.3 Å². The molecule has 3 heterocycles. The summed E-state index contributed by atoms with van der Waals surface area (Å²) in [6.45, 7) is 12.5. The van der Waals surface area contributed by atoms with Crippen molar-refractivity contribution >= 4 is 42.8 Å². The summed E-state index contributed by atoms with van der Waals surface area (Å²) >= 11 is 0. The van der Waals surface area contributed by atoms with E-state index in [0.29, 0.717) is 36.8 Å². The smallest absolute Gasteiger partial charge is 0.410 e. The minimum Gasteiger partial charge on any atom is -0.493 e.